The van der Waals surface area contributed by atoms with Crippen molar-refractivity contribution in [3.05, 3.63) is 59.4 Å². The number of nitrogens with one attached hydrogen (secondary N) is 2. The predicted molar refractivity (Wildman–Crippen MR) is 121 cm³/mol. The summed E-state index contributed by atoms with van der Waals surface area (Å²) in [7, 11) is 0. The van der Waals surface area contributed by atoms with Crippen molar-refractivity contribution in [2.75, 3.05) is 18.4 Å². The molecule has 3 heterocycles. The smallest absolute Gasteiger partial charge is 0.114 e. The number of fused-ring (bicyclic) bond motifs is 3. The summed E-state index contributed by atoms with van der Waals surface area (Å²) in [6.45, 7) is 6.93. The van der Waals surface area contributed by atoms with Gasteiger partial charge in [-0.3, -0.25) is 0 Å². The van der Waals surface area contributed by atoms with Gasteiger partial charge in [-0.15, -0.1) is 0 Å². The SMILES string of the molecule is C[C@H]([C@@H]1CCCNC1)n1c(Cc2ccccc2)nc2c3c(ccc21)N[C@@H](C)CC3. The maximum Gasteiger partial charge on any atom is 0.114 e. The van der Waals surface area contributed by atoms with E-state index in [4.69, 9.17) is 4.98 Å². The number of imidazole rings is 1. The van der Waals surface area contributed by atoms with E-state index in [0.29, 0.717) is 18.0 Å². The highest BCUT2D eigenvalue weighted by molar-refractivity contribution is 5.86. The molecule has 0 saturated carbocycles. The highest BCUT2D eigenvalue weighted by Gasteiger charge is 2.27. The van der Waals surface area contributed by atoms with Crippen LogP contribution in [0.2, 0.25) is 0 Å². The van der Waals surface area contributed by atoms with Crippen LogP contribution in [0.3, 0.4) is 0 Å². The lowest BCUT2D eigenvalue weighted by molar-refractivity contribution is 0.280. The van der Waals surface area contributed by atoms with Crippen molar-refractivity contribution in [2.24, 2.45) is 5.92 Å². The van der Waals surface area contributed by atoms with Gasteiger partial charge >= 0.3 is 0 Å². The Kier molecular flexibility index (Phi) is 5.04. The second-order valence-corrected chi connectivity index (χ2v) is 8.95. The van der Waals surface area contributed by atoms with Gasteiger partial charge in [0.2, 0.25) is 0 Å². The van der Waals surface area contributed by atoms with Gasteiger partial charge in [-0.1, -0.05) is 30.3 Å². The van der Waals surface area contributed by atoms with Crippen LogP contribution in [-0.2, 0) is 12.8 Å². The summed E-state index contributed by atoms with van der Waals surface area (Å²) < 4.78 is 2.55. The molecule has 0 radical (unpaired) electrons. The van der Waals surface area contributed by atoms with Crippen LogP contribution in [0.25, 0.3) is 11.0 Å². The zero-order valence-corrected chi connectivity index (χ0v) is 17.6. The van der Waals surface area contributed by atoms with Gasteiger partial charge in [-0.05, 0) is 76.2 Å². The second-order valence-electron chi connectivity index (χ2n) is 8.95. The fourth-order valence-electron chi connectivity index (χ4n) is 5.21. The molecule has 1 aromatic heterocycles. The molecule has 5 rings (SSSR count). The summed E-state index contributed by atoms with van der Waals surface area (Å²) in [6, 6.07) is 16.3. The van der Waals surface area contributed by atoms with E-state index in [0.717, 1.165) is 25.9 Å². The highest BCUT2D eigenvalue weighted by atomic mass is 15.1. The highest BCUT2D eigenvalue weighted by Crippen LogP contribution is 2.36. The molecule has 2 aliphatic rings. The molecule has 3 atom stereocenters. The molecule has 0 aliphatic carbocycles. The summed E-state index contributed by atoms with van der Waals surface area (Å²) in [5.74, 6) is 1.86. The van der Waals surface area contributed by atoms with E-state index in [1.807, 2.05) is 0 Å². The Labute approximate surface area is 173 Å². The van der Waals surface area contributed by atoms with Crippen molar-refractivity contribution in [1.82, 2.24) is 14.9 Å². The number of aromatic nitrogens is 2. The molecular formula is C25H32N4. The van der Waals surface area contributed by atoms with E-state index in [1.54, 1.807) is 0 Å². The maximum atomic E-state index is 5.26. The molecule has 2 N–H and O–H groups in total. The average Bonchev–Trinajstić information content (AvgIpc) is 3.12. The molecule has 1 saturated heterocycles. The van der Waals surface area contributed by atoms with E-state index in [2.05, 4.69) is 71.5 Å². The first kappa shape index (κ1) is 18.7. The van der Waals surface area contributed by atoms with E-state index in [-0.39, 0.29) is 0 Å². The first-order chi connectivity index (χ1) is 14.2. The van der Waals surface area contributed by atoms with Gasteiger partial charge < -0.3 is 15.2 Å². The fraction of sp³-hybridized carbons (Fsp3) is 0.480. The lowest BCUT2D eigenvalue weighted by Gasteiger charge is -2.31. The summed E-state index contributed by atoms with van der Waals surface area (Å²) in [6.07, 6.45) is 5.74. The third-order valence-corrected chi connectivity index (χ3v) is 6.90. The maximum absolute atomic E-state index is 5.26. The number of piperidine rings is 1. The van der Waals surface area contributed by atoms with Gasteiger partial charge in [-0.25, -0.2) is 4.98 Å². The topological polar surface area (TPSA) is 41.9 Å². The Bertz CT molecular complexity index is 985. The summed E-state index contributed by atoms with van der Waals surface area (Å²) in [4.78, 5) is 5.26. The Balaban J connectivity index is 1.62. The predicted octanol–water partition coefficient (Wildman–Crippen LogP) is 4.93. The number of benzene rings is 2. The van der Waals surface area contributed by atoms with E-state index in [1.165, 1.54) is 52.9 Å². The van der Waals surface area contributed by atoms with Gasteiger partial charge in [0.1, 0.15) is 5.82 Å². The fourth-order valence-corrected chi connectivity index (χ4v) is 5.21. The number of hydrogen-bond donors (Lipinski definition) is 2. The van der Waals surface area contributed by atoms with Crippen molar-refractivity contribution in [2.45, 2.75) is 58.0 Å². The van der Waals surface area contributed by atoms with Crippen LogP contribution in [0.5, 0.6) is 0 Å². The Hall–Kier alpha value is -2.33. The summed E-state index contributed by atoms with van der Waals surface area (Å²) in [5, 5.41) is 7.27. The minimum absolute atomic E-state index is 0.444. The molecule has 1 fully saturated rings. The Morgan fingerprint density at radius 3 is 2.79 bits per heavy atom. The normalized spacial score (nSPS) is 22.8. The standard InChI is InChI=1S/C25H32N4/c1-17-10-11-21-22(27-17)12-13-23-25(21)28-24(15-19-7-4-3-5-8-19)29(23)18(2)20-9-6-14-26-16-20/h3-5,7-8,12-13,17-18,20,26-27H,6,9-11,14-16H2,1-2H3/t17-,18+,20+/m0/s1. The number of nitrogens with zero attached hydrogens (tertiary/aromatic N) is 2. The monoisotopic (exact) mass is 388 g/mol. The van der Waals surface area contributed by atoms with E-state index < -0.39 is 0 Å². The van der Waals surface area contributed by atoms with Crippen LogP contribution >= 0.6 is 0 Å². The number of rotatable bonds is 4. The first-order valence-electron chi connectivity index (χ1n) is 11.2. The Morgan fingerprint density at radius 2 is 2.00 bits per heavy atom. The van der Waals surface area contributed by atoms with Gasteiger partial charge in [0, 0.05) is 29.8 Å². The van der Waals surface area contributed by atoms with Gasteiger partial charge in [0.15, 0.2) is 0 Å². The van der Waals surface area contributed by atoms with Crippen LogP contribution in [0.15, 0.2) is 42.5 Å². The van der Waals surface area contributed by atoms with Crippen molar-refractivity contribution in [3.63, 3.8) is 0 Å². The lowest BCUT2D eigenvalue weighted by Crippen LogP contribution is -2.34. The van der Waals surface area contributed by atoms with Crippen molar-refractivity contribution in [1.29, 1.82) is 0 Å². The van der Waals surface area contributed by atoms with Gasteiger partial charge in [0.25, 0.3) is 0 Å². The Morgan fingerprint density at radius 1 is 1.14 bits per heavy atom. The third kappa shape index (κ3) is 3.55. The molecule has 4 heteroatoms. The average molecular weight is 389 g/mol. The van der Waals surface area contributed by atoms with Gasteiger partial charge in [-0.2, -0.15) is 0 Å². The van der Waals surface area contributed by atoms with Crippen molar-refractivity contribution < 1.29 is 0 Å². The van der Waals surface area contributed by atoms with Gasteiger partial charge in [0.05, 0.1) is 11.0 Å². The molecular weight excluding hydrogens is 356 g/mol. The van der Waals surface area contributed by atoms with E-state index in [9.17, 15) is 0 Å². The molecule has 3 aromatic rings. The van der Waals surface area contributed by atoms with Crippen molar-refractivity contribution in [3.8, 4) is 0 Å². The number of anilines is 1. The quantitative estimate of drug-likeness (QED) is 0.666. The summed E-state index contributed by atoms with van der Waals surface area (Å²) in [5.41, 5.74) is 6.54. The zero-order chi connectivity index (χ0) is 19.8. The molecule has 2 aromatic carbocycles. The lowest BCUT2D eigenvalue weighted by atomic mass is 9.92. The van der Waals surface area contributed by atoms with Crippen LogP contribution in [0, 0.1) is 5.92 Å². The first-order valence-corrected chi connectivity index (χ1v) is 11.2. The number of hydrogen-bond acceptors (Lipinski definition) is 3. The number of aryl methyl sites for hydroxylation is 1. The minimum Gasteiger partial charge on any atom is -0.382 e. The second kappa shape index (κ2) is 7.83. The molecule has 0 spiro atoms. The molecule has 0 amide bonds. The molecule has 0 bridgehead atoms. The molecule has 29 heavy (non-hydrogen) atoms. The van der Waals surface area contributed by atoms with Crippen molar-refractivity contribution >= 4 is 16.7 Å². The minimum atomic E-state index is 0.444. The molecule has 4 nitrogen and oxygen atoms in total. The molecule has 2 aliphatic heterocycles. The molecule has 0 unspecified atom stereocenters. The zero-order valence-electron chi connectivity index (χ0n) is 17.6. The largest absolute Gasteiger partial charge is 0.382 e. The molecule has 152 valence electrons. The van der Waals surface area contributed by atoms with Crippen LogP contribution in [0.1, 0.15) is 56.1 Å². The van der Waals surface area contributed by atoms with Crippen LogP contribution in [0.4, 0.5) is 5.69 Å². The third-order valence-electron chi connectivity index (χ3n) is 6.90. The van der Waals surface area contributed by atoms with E-state index >= 15 is 0 Å². The van der Waals surface area contributed by atoms with Crippen LogP contribution < -0.4 is 10.6 Å². The van der Waals surface area contributed by atoms with Crippen LogP contribution in [-0.4, -0.2) is 28.7 Å². The summed E-state index contributed by atoms with van der Waals surface area (Å²) >= 11 is 0.